The Morgan fingerprint density at radius 2 is 0.897 bits per heavy atom. The van der Waals surface area contributed by atoms with Crippen LogP contribution >= 0.6 is 17.4 Å². The second-order valence-electron chi connectivity index (χ2n) is 9.38. The maximum absolute atomic E-state index is 11.9. The zero-order valence-corrected chi connectivity index (χ0v) is 23.1. The van der Waals surface area contributed by atoms with Gasteiger partial charge in [0.1, 0.15) is 0 Å². The Bertz CT molecular complexity index is 1640. The van der Waals surface area contributed by atoms with E-state index in [1.165, 1.54) is 0 Å². The molecule has 0 fully saturated rings. The Labute approximate surface area is 232 Å². The fourth-order valence-electron chi connectivity index (χ4n) is 5.52. The second kappa shape index (κ2) is 10.4. The van der Waals surface area contributed by atoms with Gasteiger partial charge in [-0.2, -0.15) is 0 Å². The third-order valence-electron chi connectivity index (χ3n) is 7.23. The number of aliphatic hydroxyl groups excluding tert-OH is 1. The van der Waals surface area contributed by atoms with Crippen molar-refractivity contribution in [1.82, 2.24) is 0 Å². The first-order valence-corrected chi connectivity index (χ1v) is 16.7. The monoisotopic (exact) mass is 548 g/mol. The van der Waals surface area contributed by atoms with E-state index in [0.717, 1.165) is 37.5 Å². The summed E-state index contributed by atoms with van der Waals surface area (Å²) < 4.78 is 7.63. The van der Waals surface area contributed by atoms with Crippen molar-refractivity contribution in [2.24, 2.45) is 0 Å². The molecule has 0 radical (unpaired) electrons. The molecule has 0 aliphatic heterocycles. The zero-order valence-electron chi connectivity index (χ0n) is 21.4. The number of hydrogen-bond donors (Lipinski definition) is 2. The molecular weight excluding hydrogens is 519 g/mol. The minimum atomic E-state index is -3.91. The molecule has 6 aromatic rings. The van der Waals surface area contributed by atoms with E-state index >= 15 is 0 Å². The van der Waals surface area contributed by atoms with Gasteiger partial charge in [0.2, 0.25) is 0 Å². The molecule has 39 heavy (non-hydrogen) atoms. The molecule has 194 valence electrons. The van der Waals surface area contributed by atoms with E-state index in [4.69, 9.17) is 4.52 Å². The van der Waals surface area contributed by atoms with Gasteiger partial charge in [-0.15, -0.1) is 0 Å². The Balaban J connectivity index is 1.81. The van der Waals surface area contributed by atoms with Gasteiger partial charge in [-0.3, -0.25) is 0 Å². The number of fused-ring (bicyclic) bond motifs is 3. The first-order valence-electron chi connectivity index (χ1n) is 13.0. The van der Waals surface area contributed by atoms with Crippen LogP contribution in [-0.4, -0.2) is 22.6 Å². The van der Waals surface area contributed by atoms with Crippen molar-refractivity contribution >= 4 is 54.9 Å². The summed E-state index contributed by atoms with van der Waals surface area (Å²) in [6.45, 7) is -0.0110. The fraction of sp³-hybridized carbons (Fsp3) is 0.0588. The number of phenolic OH excluding ortho intramolecular Hbond substituents is 1. The van der Waals surface area contributed by atoms with Crippen LogP contribution in [0.5, 0.6) is 11.5 Å². The van der Waals surface area contributed by atoms with Crippen LogP contribution in [0.3, 0.4) is 0 Å². The summed E-state index contributed by atoms with van der Waals surface area (Å²) in [5.41, 5.74) is 0. The summed E-state index contributed by atoms with van der Waals surface area (Å²) in [6.07, 6.45) is 0. The summed E-state index contributed by atoms with van der Waals surface area (Å²) in [6, 6.07) is 43.0. The molecule has 6 rings (SSSR count). The molecule has 0 saturated carbocycles. The van der Waals surface area contributed by atoms with Crippen LogP contribution in [0.1, 0.15) is 0 Å². The Morgan fingerprint density at radius 1 is 0.513 bits per heavy atom. The van der Waals surface area contributed by atoms with Crippen LogP contribution in [0.4, 0.5) is 0 Å². The summed E-state index contributed by atoms with van der Waals surface area (Å²) in [5.74, 6) is 1.01. The molecule has 3 nitrogen and oxygen atoms in total. The van der Waals surface area contributed by atoms with Crippen molar-refractivity contribution in [3.05, 3.63) is 140 Å². The van der Waals surface area contributed by atoms with Gasteiger partial charge < -0.3 is 0 Å². The summed E-state index contributed by atoms with van der Waals surface area (Å²) >= 11 is 1.64. The summed E-state index contributed by atoms with van der Waals surface area (Å²) in [4.78, 5) is 0. The Hall–Kier alpha value is -3.82. The van der Waals surface area contributed by atoms with Gasteiger partial charge in [-0.05, 0) is 0 Å². The Morgan fingerprint density at radius 3 is 1.36 bits per heavy atom. The molecule has 5 heteroatoms. The van der Waals surface area contributed by atoms with Crippen LogP contribution in [0, 0.1) is 0 Å². The van der Waals surface area contributed by atoms with E-state index in [1.807, 2.05) is 97.1 Å². The normalized spacial score (nSPS) is 12.7. The molecule has 0 heterocycles. The molecule has 0 aromatic heterocycles. The van der Waals surface area contributed by atoms with Gasteiger partial charge in [0, 0.05) is 0 Å². The van der Waals surface area contributed by atoms with Crippen LogP contribution < -0.4 is 20.4 Å². The number of hydrogen-bond acceptors (Lipinski definition) is 4. The molecule has 6 aromatic carbocycles. The third-order valence-corrected chi connectivity index (χ3v) is 16.5. The standard InChI is InChI=1S/C34H29O3PS/c35-24-25-39-38(26-14-4-1-5-15-26,27-16-6-2-7-17-27,28-18-8-3-9-19-28)37-34-32-23-13-11-21-30(32)29-20-10-12-22-31(29)33(34)36/h1-23,35-36H,24-25H2. The molecular formula is C34H29O3PS. The van der Waals surface area contributed by atoms with Crippen molar-refractivity contribution in [3.63, 3.8) is 0 Å². The SMILES string of the molecule is OCCSP(Oc1c(O)c2ccccc2c2ccccc12)(c1ccccc1)(c1ccccc1)c1ccccc1. The molecule has 0 unspecified atom stereocenters. The van der Waals surface area contributed by atoms with Crippen molar-refractivity contribution in [2.45, 2.75) is 0 Å². The van der Waals surface area contributed by atoms with Gasteiger partial charge in [-0.1, -0.05) is 0 Å². The Kier molecular flexibility index (Phi) is 6.78. The van der Waals surface area contributed by atoms with Crippen molar-refractivity contribution in [2.75, 3.05) is 12.4 Å². The number of aromatic hydroxyl groups is 1. The number of phenols is 1. The molecule has 0 aliphatic carbocycles. The predicted molar refractivity (Wildman–Crippen MR) is 168 cm³/mol. The van der Waals surface area contributed by atoms with Gasteiger partial charge in [0.15, 0.2) is 0 Å². The van der Waals surface area contributed by atoms with E-state index in [1.54, 1.807) is 11.4 Å². The predicted octanol–water partition coefficient (Wildman–Crippen LogP) is 7.16. The van der Waals surface area contributed by atoms with E-state index in [0.29, 0.717) is 11.5 Å². The number of rotatable bonds is 8. The third kappa shape index (κ3) is 3.99. The number of aliphatic hydroxyl groups is 1. The van der Waals surface area contributed by atoms with E-state index in [-0.39, 0.29) is 12.4 Å². The maximum atomic E-state index is 11.9. The van der Waals surface area contributed by atoms with E-state index in [9.17, 15) is 10.2 Å². The number of benzene rings is 6. The van der Waals surface area contributed by atoms with Crippen molar-refractivity contribution in [3.8, 4) is 11.5 Å². The van der Waals surface area contributed by atoms with Crippen molar-refractivity contribution in [1.29, 1.82) is 0 Å². The first-order chi connectivity index (χ1) is 19.2. The quantitative estimate of drug-likeness (QED) is 0.157. The van der Waals surface area contributed by atoms with Crippen molar-refractivity contribution < 1.29 is 14.7 Å². The average molecular weight is 549 g/mol. The molecule has 2 N–H and O–H groups in total. The topological polar surface area (TPSA) is 49.7 Å². The van der Waals surface area contributed by atoms with Gasteiger partial charge in [0.25, 0.3) is 0 Å². The van der Waals surface area contributed by atoms with Gasteiger partial charge in [0.05, 0.1) is 0 Å². The molecule has 0 spiro atoms. The molecule has 0 atom stereocenters. The zero-order chi connectivity index (χ0) is 26.7. The van der Waals surface area contributed by atoms with E-state index in [2.05, 4.69) is 42.5 Å². The summed E-state index contributed by atoms with van der Waals surface area (Å²) in [5, 5.41) is 28.7. The van der Waals surface area contributed by atoms with E-state index < -0.39 is 6.03 Å². The van der Waals surface area contributed by atoms with Crippen LogP contribution in [0.15, 0.2) is 140 Å². The van der Waals surface area contributed by atoms with Crippen LogP contribution in [0.2, 0.25) is 0 Å². The molecule has 0 saturated heterocycles. The van der Waals surface area contributed by atoms with Crippen LogP contribution in [-0.2, 0) is 0 Å². The van der Waals surface area contributed by atoms with Crippen LogP contribution in [0.25, 0.3) is 21.5 Å². The minimum absolute atomic E-state index is 0.0110. The second-order valence-corrected chi connectivity index (χ2v) is 16.6. The first kappa shape index (κ1) is 25.5. The molecule has 0 bridgehead atoms. The van der Waals surface area contributed by atoms with Gasteiger partial charge >= 0.3 is 233 Å². The molecule has 0 amide bonds. The molecule has 0 aliphatic rings. The average Bonchev–Trinajstić information content (AvgIpc) is 3.02. The van der Waals surface area contributed by atoms with Gasteiger partial charge in [-0.25, -0.2) is 0 Å². The fourth-order valence-corrected chi connectivity index (χ4v) is 14.4. The summed E-state index contributed by atoms with van der Waals surface area (Å²) in [7, 11) is 0.